The topological polar surface area (TPSA) is 6.48 Å². The molecule has 2 aliphatic heterocycles. The maximum atomic E-state index is 2.57. The fraction of sp³-hybridized carbons (Fsp3) is 1.00. The highest BCUT2D eigenvalue weighted by molar-refractivity contribution is 14.1. The van der Waals surface area contributed by atoms with Crippen LogP contribution in [0.15, 0.2) is 0 Å². The van der Waals surface area contributed by atoms with Gasteiger partial charge in [0.2, 0.25) is 0 Å². The molecule has 0 aromatic carbocycles. The van der Waals surface area contributed by atoms with Gasteiger partial charge in [0, 0.05) is 41.5 Å². The lowest BCUT2D eigenvalue weighted by molar-refractivity contribution is 0.170. The second-order valence-electron chi connectivity index (χ2n) is 4.25. The molecule has 70 valence electrons. The third-order valence-corrected chi connectivity index (χ3v) is 4.79. The molecule has 0 N–H and O–H groups in total. The first-order chi connectivity index (χ1) is 5.73. The smallest absolute Gasteiger partial charge is 0.0443 e. The van der Waals surface area contributed by atoms with Crippen molar-refractivity contribution in [1.29, 1.82) is 0 Å². The lowest BCUT2D eigenvalue weighted by atomic mass is 9.88. The van der Waals surface area contributed by atoms with Crippen LogP contribution >= 0.6 is 22.9 Å². The van der Waals surface area contributed by atoms with Crippen molar-refractivity contribution in [2.75, 3.05) is 26.7 Å². The molecule has 0 aliphatic carbocycles. The largest absolute Gasteiger partial charge is 0.304 e. The van der Waals surface area contributed by atoms with Gasteiger partial charge in [-0.05, 0) is 32.9 Å². The molecule has 0 bridgehead atoms. The number of hydrogen-bond donors (Lipinski definition) is 0. The molecule has 3 heteroatoms. The molecule has 0 aromatic rings. The van der Waals surface area contributed by atoms with Gasteiger partial charge in [0.05, 0.1) is 0 Å². The summed E-state index contributed by atoms with van der Waals surface area (Å²) >= 11 is 2.53. The van der Waals surface area contributed by atoms with Crippen molar-refractivity contribution in [2.45, 2.75) is 31.2 Å². The highest BCUT2D eigenvalue weighted by atomic mass is 127. The molecule has 0 saturated carbocycles. The van der Waals surface area contributed by atoms with Crippen molar-refractivity contribution < 1.29 is 0 Å². The number of likely N-dealkylation sites (N-methyl/N-ethyl adjacent to an activating group) is 1. The Morgan fingerprint density at radius 2 is 2.00 bits per heavy atom. The van der Waals surface area contributed by atoms with Crippen LogP contribution in [0.5, 0.6) is 0 Å². The van der Waals surface area contributed by atoms with E-state index in [1.165, 1.54) is 45.3 Å². The number of hydrogen-bond acceptors (Lipinski definition) is 2. The van der Waals surface area contributed by atoms with Gasteiger partial charge in [0.15, 0.2) is 0 Å². The van der Waals surface area contributed by atoms with Gasteiger partial charge in [0.25, 0.3) is 0 Å². The maximum Gasteiger partial charge on any atom is 0.0443 e. The molecular weight excluding hydrogens is 263 g/mol. The lowest BCUT2D eigenvalue weighted by Gasteiger charge is -2.40. The molecule has 1 unspecified atom stereocenters. The van der Waals surface area contributed by atoms with Gasteiger partial charge in [-0.15, -0.1) is 0 Å². The van der Waals surface area contributed by atoms with Crippen molar-refractivity contribution in [3.63, 3.8) is 0 Å². The molecular formula is C9H17IN2. The standard InChI is InChI=1S/C9H17IN2/c1-11-7-5-9(8-11)4-2-3-6-12(9)10/h2-8H2,1H3. The lowest BCUT2D eigenvalue weighted by Crippen LogP contribution is -2.47. The van der Waals surface area contributed by atoms with Gasteiger partial charge >= 0.3 is 0 Å². The van der Waals surface area contributed by atoms with Crippen LogP contribution in [0.1, 0.15) is 25.7 Å². The highest BCUT2D eigenvalue weighted by Crippen LogP contribution is 2.37. The van der Waals surface area contributed by atoms with Crippen molar-refractivity contribution in [3.8, 4) is 0 Å². The molecule has 2 fully saturated rings. The molecule has 1 atom stereocenters. The fourth-order valence-electron chi connectivity index (χ4n) is 2.52. The normalized spacial score (nSPS) is 39.5. The first-order valence-electron chi connectivity index (χ1n) is 4.85. The number of piperidine rings is 1. The maximum absolute atomic E-state index is 2.57. The molecule has 2 nitrogen and oxygen atoms in total. The van der Waals surface area contributed by atoms with Crippen LogP contribution in [-0.2, 0) is 0 Å². The Bertz CT molecular complexity index is 170. The molecule has 2 saturated heterocycles. The summed E-state index contributed by atoms with van der Waals surface area (Å²) in [7, 11) is 2.24. The zero-order chi connectivity index (χ0) is 8.60. The van der Waals surface area contributed by atoms with Crippen LogP contribution in [0.3, 0.4) is 0 Å². The van der Waals surface area contributed by atoms with E-state index in [2.05, 4.69) is 37.9 Å². The molecule has 0 radical (unpaired) electrons. The predicted octanol–water partition coefficient (Wildman–Crippen LogP) is 1.90. The van der Waals surface area contributed by atoms with E-state index in [-0.39, 0.29) is 0 Å². The van der Waals surface area contributed by atoms with E-state index in [0.29, 0.717) is 5.54 Å². The molecule has 1 spiro atoms. The predicted molar refractivity (Wildman–Crippen MR) is 59.4 cm³/mol. The quantitative estimate of drug-likeness (QED) is 0.494. The first kappa shape index (κ1) is 9.21. The molecule has 12 heavy (non-hydrogen) atoms. The van der Waals surface area contributed by atoms with Crippen molar-refractivity contribution in [1.82, 2.24) is 8.01 Å². The Balaban J connectivity index is 2.07. The van der Waals surface area contributed by atoms with Crippen LogP contribution in [0.4, 0.5) is 0 Å². The fourth-order valence-corrected chi connectivity index (χ4v) is 3.50. The zero-order valence-corrected chi connectivity index (χ0v) is 9.88. The van der Waals surface area contributed by atoms with Crippen molar-refractivity contribution >= 4 is 22.9 Å². The minimum atomic E-state index is 0.549. The van der Waals surface area contributed by atoms with Gasteiger partial charge in [-0.2, -0.15) is 0 Å². The van der Waals surface area contributed by atoms with E-state index in [1.807, 2.05) is 0 Å². The van der Waals surface area contributed by atoms with Crippen LogP contribution in [-0.4, -0.2) is 40.2 Å². The van der Waals surface area contributed by atoms with Crippen molar-refractivity contribution in [2.24, 2.45) is 0 Å². The average molecular weight is 280 g/mol. The Hall–Kier alpha value is 0.650. The minimum Gasteiger partial charge on any atom is -0.304 e. The molecule has 2 aliphatic rings. The second kappa shape index (κ2) is 3.42. The van der Waals surface area contributed by atoms with Crippen LogP contribution < -0.4 is 0 Å². The van der Waals surface area contributed by atoms with E-state index in [4.69, 9.17) is 0 Å². The first-order valence-corrected chi connectivity index (χ1v) is 5.81. The van der Waals surface area contributed by atoms with Crippen LogP contribution in [0.25, 0.3) is 0 Å². The Morgan fingerprint density at radius 1 is 1.17 bits per heavy atom. The second-order valence-corrected chi connectivity index (χ2v) is 5.42. The van der Waals surface area contributed by atoms with Gasteiger partial charge in [-0.25, -0.2) is 3.11 Å². The van der Waals surface area contributed by atoms with Gasteiger partial charge in [-0.3, -0.25) is 0 Å². The van der Waals surface area contributed by atoms with E-state index in [1.54, 1.807) is 0 Å². The highest BCUT2D eigenvalue weighted by Gasteiger charge is 2.42. The van der Waals surface area contributed by atoms with Crippen LogP contribution in [0, 0.1) is 0 Å². The molecule has 0 aromatic heterocycles. The summed E-state index contributed by atoms with van der Waals surface area (Å²) in [6.45, 7) is 3.88. The summed E-state index contributed by atoms with van der Waals surface area (Å²) in [5.74, 6) is 0. The summed E-state index contributed by atoms with van der Waals surface area (Å²) in [5.41, 5.74) is 0.549. The summed E-state index contributed by atoms with van der Waals surface area (Å²) in [6, 6.07) is 0. The van der Waals surface area contributed by atoms with Gasteiger partial charge in [0.1, 0.15) is 0 Å². The molecule has 2 heterocycles. The number of likely N-dealkylation sites (tertiary alicyclic amines) is 1. The van der Waals surface area contributed by atoms with E-state index < -0.39 is 0 Å². The Morgan fingerprint density at radius 3 is 2.58 bits per heavy atom. The molecule has 2 rings (SSSR count). The SMILES string of the molecule is CN1CCC2(CCCCN2I)C1. The Labute approximate surface area is 88.8 Å². The summed E-state index contributed by atoms with van der Waals surface area (Å²) in [6.07, 6.45) is 5.63. The van der Waals surface area contributed by atoms with E-state index in [9.17, 15) is 0 Å². The number of rotatable bonds is 0. The average Bonchev–Trinajstić information content (AvgIpc) is 2.41. The van der Waals surface area contributed by atoms with E-state index >= 15 is 0 Å². The minimum absolute atomic E-state index is 0.549. The summed E-state index contributed by atoms with van der Waals surface area (Å²) in [5, 5.41) is 0. The summed E-state index contributed by atoms with van der Waals surface area (Å²) < 4.78 is 2.57. The molecule has 0 amide bonds. The van der Waals surface area contributed by atoms with Gasteiger partial charge in [-0.1, -0.05) is 6.42 Å². The third-order valence-electron chi connectivity index (χ3n) is 3.28. The Kier molecular flexibility index (Phi) is 2.63. The summed E-state index contributed by atoms with van der Waals surface area (Å²) in [4.78, 5) is 2.47. The van der Waals surface area contributed by atoms with E-state index in [0.717, 1.165) is 0 Å². The third kappa shape index (κ3) is 1.51. The zero-order valence-electron chi connectivity index (χ0n) is 7.72. The number of halogens is 1. The van der Waals surface area contributed by atoms with Gasteiger partial charge < -0.3 is 4.90 Å². The van der Waals surface area contributed by atoms with Crippen molar-refractivity contribution in [3.05, 3.63) is 0 Å². The number of nitrogens with zero attached hydrogens (tertiary/aromatic N) is 2. The van der Waals surface area contributed by atoms with Crippen LogP contribution in [0.2, 0.25) is 0 Å². The monoisotopic (exact) mass is 280 g/mol.